The highest BCUT2D eigenvalue weighted by atomic mass is 32.1. The molecule has 2 amide bonds. The number of carbonyl (C=O) groups is 2. The van der Waals surface area contributed by atoms with E-state index in [1.54, 1.807) is 48.7 Å². The number of benzene rings is 2. The number of hydrogen-bond acceptors (Lipinski definition) is 5. The number of amides is 2. The summed E-state index contributed by atoms with van der Waals surface area (Å²) in [6.07, 6.45) is 0.726. The van der Waals surface area contributed by atoms with Crippen LogP contribution in [0, 0.1) is 0 Å². The average Bonchev–Trinajstić information content (AvgIpc) is 3.39. The third-order valence-corrected chi connectivity index (χ3v) is 6.64. The molecule has 0 bridgehead atoms. The van der Waals surface area contributed by atoms with E-state index in [2.05, 4.69) is 0 Å². The maximum Gasteiger partial charge on any atom is 0.254 e. The summed E-state index contributed by atoms with van der Waals surface area (Å²) in [7, 11) is 3.09. The lowest BCUT2D eigenvalue weighted by molar-refractivity contribution is -0.133. The van der Waals surface area contributed by atoms with Gasteiger partial charge in [-0.15, -0.1) is 11.3 Å². The summed E-state index contributed by atoms with van der Waals surface area (Å²) < 4.78 is 10.7. The topological polar surface area (TPSA) is 59.1 Å². The Bertz CT molecular complexity index is 1050. The molecule has 3 rings (SSSR count). The van der Waals surface area contributed by atoms with Crippen molar-refractivity contribution in [3.05, 3.63) is 82.0 Å². The minimum Gasteiger partial charge on any atom is -0.497 e. The number of methoxy groups -OCH3 is 2. The summed E-state index contributed by atoms with van der Waals surface area (Å²) in [5.41, 5.74) is 1.48. The molecule has 34 heavy (non-hydrogen) atoms. The van der Waals surface area contributed by atoms with Crippen LogP contribution in [0.5, 0.6) is 11.5 Å². The van der Waals surface area contributed by atoms with Crippen LogP contribution in [0.15, 0.2) is 66.0 Å². The first-order valence-electron chi connectivity index (χ1n) is 11.3. The molecule has 2 aromatic carbocycles. The average molecular weight is 481 g/mol. The van der Waals surface area contributed by atoms with E-state index >= 15 is 0 Å². The number of thiophene rings is 1. The fraction of sp³-hybridized carbons (Fsp3) is 0.333. The van der Waals surface area contributed by atoms with Gasteiger partial charge in [-0.05, 0) is 42.5 Å². The van der Waals surface area contributed by atoms with Gasteiger partial charge in [0.15, 0.2) is 0 Å². The Morgan fingerprint density at radius 1 is 0.941 bits per heavy atom. The Labute approximate surface area is 205 Å². The van der Waals surface area contributed by atoms with E-state index < -0.39 is 0 Å². The summed E-state index contributed by atoms with van der Waals surface area (Å²) in [6.45, 7) is 4.94. The standard InChI is InChI=1S/C27H32N2O4S/c1-5-20(2)29(27(31)22-14-23(32-3)16-24(15-22)33-4)19-26(30)28(18-25-12-9-13-34-25)17-21-10-7-6-8-11-21/h6-16,20H,5,17-19H2,1-4H3. The Morgan fingerprint density at radius 2 is 1.62 bits per heavy atom. The molecule has 1 aromatic heterocycles. The predicted octanol–water partition coefficient (Wildman–Crippen LogP) is 5.24. The maximum atomic E-state index is 13.6. The van der Waals surface area contributed by atoms with Crippen molar-refractivity contribution in [2.24, 2.45) is 0 Å². The van der Waals surface area contributed by atoms with Gasteiger partial charge in [-0.3, -0.25) is 9.59 Å². The number of carbonyl (C=O) groups excluding carboxylic acids is 2. The molecular weight excluding hydrogens is 448 g/mol. The molecule has 0 saturated carbocycles. The zero-order valence-electron chi connectivity index (χ0n) is 20.2. The van der Waals surface area contributed by atoms with Crippen LogP contribution in [0.2, 0.25) is 0 Å². The zero-order valence-corrected chi connectivity index (χ0v) is 21.0. The molecule has 3 aromatic rings. The van der Waals surface area contributed by atoms with E-state index in [4.69, 9.17) is 9.47 Å². The SMILES string of the molecule is CCC(C)N(CC(=O)N(Cc1ccccc1)Cc1cccs1)C(=O)c1cc(OC)cc(OC)c1. The molecule has 0 fully saturated rings. The third-order valence-electron chi connectivity index (χ3n) is 5.78. The van der Waals surface area contributed by atoms with Crippen molar-refractivity contribution >= 4 is 23.2 Å². The molecule has 1 atom stereocenters. The minimum absolute atomic E-state index is 0.00836. The summed E-state index contributed by atoms with van der Waals surface area (Å²) >= 11 is 1.62. The van der Waals surface area contributed by atoms with Crippen LogP contribution in [0.3, 0.4) is 0 Å². The second-order valence-corrected chi connectivity index (χ2v) is 9.14. The molecule has 1 heterocycles. The monoisotopic (exact) mass is 480 g/mol. The lowest BCUT2D eigenvalue weighted by Gasteiger charge is -2.31. The number of ether oxygens (including phenoxy) is 2. The fourth-order valence-electron chi connectivity index (χ4n) is 3.62. The molecule has 0 N–H and O–H groups in total. The Balaban J connectivity index is 1.86. The highest BCUT2D eigenvalue weighted by Gasteiger charge is 2.27. The highest BCUT2D eigenvalue weighted by Crippen LogP contribution is 2.25. The lowest BCUT2D eigenvalue weighted by atomic mass is 10.1. The maximum absolute atomic E-state index is 13.6. The highest BCUT2D eigenvalue weighted by molar-refractivity contribution is 7.09. The number of rotatable bonds is 11. The number of hydrogen-bond donors (Lipinski definition) is 0. The smallest absolute Gasteiger partial charge is 0.254 e. The molecule has 7 heteroatoms. The van der Waals surface area contributed by atoms with E-state index in [-0.39, 0.29) is 24.4 Å². The molecule has 6 nitrogen and oxygen atoms in total. The van der Waals surface area contributed by atoms with E-state index in [9.17, 15) is 9.59 Å². The minimum atomic E-state index is -0.226. The number of nitrogens with zero attached hydrogens (tertiary/aromatic N) is 2. The van der Waals surface area contributed by atoms with Gasteiger partial charge in [0, 0.05) is 29.1 Å². The summed E-state index contributed by atoms with van der Waals surface area (Å²) in [5.74, 6) is 0.736. The Kier molecular flexibility index (Phi) is 9.10. The first-order valence-corrected chi connectivity index (χ1v) is 12.2. The first kappa shape index (κ1) is 25.3. The fourth-order valence-corrected chi connectivity index (χ4v) is 4.34. The van der Waals surface area contributed by atoms with Crippen LogP contribution < -0.4 is 9.47 Å². The summed E-state index contributed by atoms with van der Waals surface area (Å²) in [5, 5.41) is 2.01. The summed E-state index contributed by atoms with van der Waals surface area (Å²) in [6, 6.07) is 18.9. The first-order chi connectivity index (χ1) is 16.4. The molecular formula is C27H32N2O4S. The molecule has 0 aliphatic carbocycles. The van der Waals surface area contributed by atoms with Crippen molar-refractivity contribution in [2.75, 3.05) is 20.8 Å². The van der Waals surface area contributed by atoms with Gasteiger partial charge in [-0.2, -0.15) is 0 Å². The van der Waals surface area contributed by atoms with Crippen LogP contribution in [0.4, 0.5) is 0 Å². The lowest BCUT2D eigenvalue weighted by Crippen LogP contribution is -2.46. The van der Waals surface area contributed by atoms with Crippen molar-refractivity contribution in [2.45, 2.75) is 39.4 Å². The zero-order chi connectivity index (χ0) is 24.5. The van der Waals surface area contributed by atoms with Crippen molar-refractivity contribution in [3.63, 3.8) is 0 Å². The van der Waals surface area contributed by atoms with Crippen molar-refractivity contribution < 1.29 is 19.1 Å². The van der Waals surface area contributed by atoms with Gasteiger partial charge in [-0.25, -0.2) is 0 Å². The second-order valence-electron chi connectivity index (χ2n) is 8.11. The molecule has 180 valence electrons. The predicted molar refractivity (Wildman–Crippen MR) is 135 cm³/mol. The van der Waals surface area contributed by atoms with Gasteiger partial charge in [0.05, 0.1) is 20.8 Å². The molecule has 0 spiro atoms. The van der Waals surface area contributed by atoms with Gasteiger partial charge in [0.1, 0.15) is 18.0 Å². The van der Waals surface area contributed by atoms with Crippen LogP contribution in [0.1, 0.15) is 41.1 Å². The largest absolute Gasteiger partial charge is 0.497 e. The Hall–Kier alpha value is -3.32. The van der Waals surface area contributed by atoms with Crippen molar-refractivity contribution in [1.82, 2.24) is 9.80 Å². The molecule has 1 unspecified atom stereocenters. The van der Waals surface area contributed by atoms with Crippen LogP contribution in [-0.4, -0.2) is 48.4 Å². The van der Waals surface area contributed by atoms with Gasteiger partial charge in [0.2, 0.25) is 5.91 Å². The van der Waals surface area contributed by atoms with Gasteiger partial charge >= 0.3 is 0 Å². The molecule has 0 aliphatic rings. The van der Waals surface area contributed by atoms with Gasteiger partial charge in [-0.1, -0.05) is 43.3 Å². The van der Waals surface area contributed by atoms with Crippen molar-refractivity contribution in [3.8, 4) is 11.5 Å². The van der Waals surface area contributed by atoms with E-state index in [1.165, 1.54) is 0 Å². The van der Waals surface area contributed by atoms with Crippen LogP contribution in [-0.2, 0) is 17.9 Å². The third kappa shape index (κ3) is 6.60. The summed E-state index contributed by atoms with van der Waals surface area (Å²) in [4.78, 5) is 31.7. The van der Waals surface area contributed by atoms with E-state index in [0.29, 0.717) is 30.2 Å². The van der Waals surface area contributed by atoms with Gasteiger partial charge < -0.3 is 19.3 Å². The van der Waals surface area contributed by atoms with E-state index in [0.717, 1.165) is 16.9 Å². The second kappa shape index (κ2) is 12.2. The molecule has 0 saturated heterocycles. The normalized spacial score (nSPS) is 11.5. The molecule has 0 aliphatic heterocycles. The van der Waals surface area contributed by atoms with Crippen LogP contribution >= 0.6 is 11.3 Å². The van der Waals surface area contributed by atoms with E-state index in [1.807, 2.05) is 66.6 Å². The Morgan fingerprint density at radius 3 is 2.18 bits per heavy atom. The van der Waals surface area contributed by atoms with Crippen LogP contribution in [0.25, 0.3) is 0 Å². The molecule has 0 radical (unpaired) electrons. The quantitative estimate of drug-likeness (QED) is 0.377. The van der Waals surface area contributed by atoms with Gasteiger partial charge in [0.25, 0.3) is 5.91 Å². The van der Waals surface area contributed by atoms with Crippen molar-refractivity contribution in [1.29, 1.82) is 0 Å².